The number of aliphatic hydroxyl groups is 1. The summed E-state index contributed by atoms with van der Waals surface area (Å²) in [5, 5.41) is 13.4. The van der Waals surface area contributed by atoms with E-state index in [1.165, 1.54) is 23.1 Å². The van der Waals surface area contributed by atoms with Crippen LogP contribution in [-0.4, -0.2) is 88.4 Å². The number of rotatable bonds is 6. The zero-order chi connectivity index (χ0) is 34.8. The molecular weight excluding hydrogens is 610 g/mol. The van der Waals surface area contributed by atoms with Gasteiger partial charge < -0.3 is 34.4 Å². The zero-order valence-corrected chi connectivity index (χ0v) is 27.4. The van der Waals surface area contributed by atoms with E-state index in [0.29, 0.717) is 17.8 Å². The SMILES string of the molecule is [C-]#[N+]c1ccc(NC(=O)[C@H](O)[C@H]2OCCN(c3ccc4c(c3)CN(C)C4=O)C2=O)cc1CN(C(=O)OC(C)(C)C)C(=O)OC(C)(C)C. The molecule has 0 bridgehead atoms. The predicted octanol–water partition coefficient (Wildman–Crippen LogP) is 4.23. The fraction of sp³-hybridized carbons (Fsp3) is 0.455. The third-order valence-electron chi connectivity index (χ3n) is 7.09. The van der Waals surface area contributed by atoms with Gasteiger partial charge in [-0.15, -0.1) is 0 Å². The number of carbonyl (C=O) groups excluding carboxylic acids is 5. The molecule has 0 unspecified atom stereocenters. The molecule has 0 radical (unpaired) electrons. The second-order valence-corrected chi connectivity index (χ2v) is 13.2. The first kappa shape index (κ1) is 34.9. The van der Waals surface area contributed by atoms with E-state index in [2.05, 4.69) is 10.2 Å². The largest absolute Gasteiger partial charge is 0.443 e. The van der Waals surface area contributed by atoms with Crippen LogP contribution in [0.3, 0.4) is 0 Å². The highest BCUT2D eigenvalue weighted by molar-refractivity contribution is 6.05. The molecule has 1 fully saturated rings. The Morgan fingerprint density at radius 2 is 1.70 bits per heavy atom. The molecule has 0 saturated carbocycles. The first-order chi connectivity index (χ1) is 21.9. The van der Waals surface area contributed by atoms with Crippen molar-refractivity contribution in [2.75, 3.05) is 30.4 Å². The van der Waals surface area contributed by atoms with Gasteiger partial charge in [-0.3, -0.25) is 14.4 Å². The van der Waals surface area contributed by atoms with Crippen LogP contribution in [0, 0.1) is 6.57 Å². The van der Waals surface area contributed by atoms with Crippen LogP contribution in [0.15, 0.2) is 36.4 Å². The quantitative estimate of drug-likeness (QED) is 0.437. The number of morpholine rings is 1. The first-order valence-corrected chi connectivity index (χ1v) is 14.9. The molecule has 2 heterocycles. The zero-order valence-electron chi connectivity index (χ0n) is 27.4. The summed E-state index contributed by atoms with van der Waals surface area (Å²) in [5.74, 6) is -1.70. The fourth-order valence-corrected chi connectivity index (χ4v) is 4.97. The van der Waals surface area contributed by atoms with E-state index in [-0.39, 0.29) is 36.0 Å². The number of carbonyl (C=O) groups is 5. The lowest BCUT2D eigenvalue weighted by atomic mass is 10.1. The van der Waals surface area contributed by atoms with Crippen LogP contribution in [0.5, 0.6) is 0 Å². The lowest BCUT2D eigenvalue weighted by Gasteiger charge is -2.34. The molecule has 250 valence electrons. The van der Waals surface area contributed by atoms with E-state index in [1.54, 1.807) is 71.7 Å². The van der Waals surface area contributed by atoms with Crippen molar-refractivity contribution in [3.63, 3.8) is 0 Å². The molecule has 2 aliphatic rings. The number of anilines is 2. The summed E-state index contributed by atoms with van der Waals surface area (Å²) in [4.78, 5) is 72.0. The molecule has 4 rings (SSSR count). The van der Waals surface area contributed by atoms with Gasteiger partial charge in [0.15, 0.2) is 17.9 Å². The predicted molar refractivity (Wildman–Crippen MR) is 170 cm³/mol. The number of nitrogens with one attached hydrogen (secondary N) is 1. The number of hydrogen-bond acceptors (Lipinski definition) is 9. The van der Waals surface area contributed by atoms with Crippen molar-refractivity contribution >= 4 is 47.0 Å². The van der Waals surface area contributed by atoms with E-state index >= 15 is 0 Å². The molecule has 0 aliphatic carbocycles. The summed E-state index contributed by atoms with van der Waals surface area (Å²) in [7, 11) is 1.68. The summed E-state index contributed by atoms with van der Waals surface area (Å²) < 4.78 is 16.3. The van der Waals surface area contributed by atoms with Gasteiger partial charge >= 0.3 is 12.2 Å². The third-order valence-corrected chi connectivity index (χ3v) is 7.09. The smallest absolute Gasteiger partial charge is 0.420 e. The molecule has 2 aromatic rings. The second-order valence-electron chi connectivity index (χ2n) is 13.2. The molecule has 14 nitrogen and oxygen atoms in total. The van der Waals surface area contributed by atoms with Crippen LogP contribution < -0.4 is 10.2 Å². The number of aliphatic hydroxyl groups excluding tert-OH is 1. The molecule has 5 amide bonds. The Morgan fingerprint density at radius 3 is 2.30 bits per heavy atom. The van der Waals surface area contributed by atoms with Gasteiger partial charge in [-0.05, 0) is 83.0 Å². The average molecular weight is 650 g/mol. The molecule has 2 aliphatic heterocycles. The van der Waals surface area contributed by atoms with E-state index in [1.807, 2.05) is 0 Å². The Hall–Kier alpha value is -5.00. The molecule has 47 heavy (non-hydrogen) atoms. The normalized spacial score (nSPS) is 17.0. The Labute approximate surface area is 273 Å². The van der Waals surface area contributed by atoms with Crippen LogP contribution in [0.25, 0.3) is 4.85 Å². The van der Waals surface area contributed by atoms with Gasteiger partial charge in [0, 0.05) is 37.1 Å². The lowest BCUT2D eigenvalue weighted by molar-refractivity contribution is -0.150. The average Bonchev–Trinajstić information content (AvgIpc) is 3.25. The minimum absolute atomic E-state index is 0.0473. The molecular formula is C33H39N5O9. The number of benzene rings is 2. The van der Waals surface area contributed by atoms with Gasteiger partial charge in [-0.2, -0.15) is 0 Å². The Balaban J connectivity index is 1.51. The highest BCUT2D eigenvalue weighted by Gasteiger charge is 2.40. The maximum atomic E-state index is 13.4. The van der Waals surface area contributed by atoms with E-state index in [0.717, 1.165) is 10.5 Å². The van der Waals surface area contributed by atoms with Gasteiger partial charge in [0.1, 0.15) is 11.2 Å². The van der Waals surface area contributed by atoms with Crippen molar-refractivity contribution in [3.8, 4) is 0 Å². The van der Waals surface area contributed by atoms with Gasteiger partial charge in [0.25, 0.3) is 17.7 Å². The van der Waals surface area contributed by atoms with Gasteiger partial charge in [0.05, 0.1) is 19.7 Å². The van der Waals surface area contributed by atoms with Crippen molar-refractivity contribution in [1.29, 1.82) is 0 Å². The number of ether oxygens (including phenoxy) is 3. The molecule has 2 N–H and O–H groups in total. The van der Waals surface area contributed by atoms with Gasteiger partial charge in [-0.25, -0.2) is 19.3 Å². The number of fused-ring (bicyclic) bond motifs is 1. The summed E-state index contributed by atoms with van der Waals surface area (Å²) >= 11 is 0. The summed E-state index contributed by atoms with van der Waals surface area (Å²) in [5.41, 5.74) is 0.350. The topological polar surface area (TPSA) is 159 Å². The van der Waals surface area contributed by atoms with Crippen LogP contribution in [0.4, 0.5) is 26.7 Å². The monoisotopic (exact) mass is 649 g/mol. The molecule has 2 atom stereocenters. The first-order valence-electron chi connectivity index (χ1n) is 14.9. The number of amides is 5. The highest BCUT2D eigenvalue weighted by atomic mass is 16.6. The van der Waals surface area contributed by atoms with Crippen molar-refractivity contribution in [3.05, 3.63) is 64.5 Å². The fourth-order valence-electron chi connectivity index (χ4n) is 4.97. The molecule has 0 spiro atoms. The van der Waals surface area contributed by atoms with Crippen LogP contribution in [0.1, 0.15) is 63.0 Å². The van der Waals surface area contributed by atoms with Crippen molar-refractivity contribution in [1.82, 2.24) is 9.80 Å². The molecule has 0 aromatic heterocycles. The summed E-state index contributed by atoms with van der Waals surface area (Å²) in [6.45, 7) is 17.6. The standard InChI is InChI=1S/C33H39N5O9/c1-32(2,3)46-30(43)38(31(44)47-33(4,5)6)18-20-15-21(9-12-24(20)34-7)35-27(40)25(39)26-29(42)37(13-14-45-26)22-10-11-23-19(16-22)17-36(8)28(23)41/h9-12,15-16,25-26,39H,13-14,17-18H2,1-6,8H3,(H,35,40)/t25-,26-/m1/s1. The number of imide groups is 1. The van der Waals surface area contributed by atoms with E-state index < -0.39 is 54.0 Å². The van der Waals surface area contributed by atoms with Crippen molar-refractivity contribution in [2.24, 2.45) is 0 Å². The molecule has 2 aromatic carbocycles. The number of nitrogens with zero attached hydrogens (tertiary/aromatic N) is 4. The second kappa shape index (κ2) is 13.4. The van der Waals surface area contributed by atoms with Crippen LogP contribution in [-0.2, 0) is 36.9 Å². The maximum absolute atomic E-state index is 13.4. The van der Waals surface area contributed by atoms with Crippen molar-refractivity contribution < 1.29 is 43.3 Å². The molecule has 1 saturated heterocycles. The third kappa shape index (κ3) is 8.24. The van der Waals surface area contributed by atoms with Gasteiger partial charge in [-0.1, -0.05) is 6.07 Å². The Morgan fingerprint density at radius 1 is 1.06 bits per heavy atom. The van der Waals surface area contributed by atoms with E-state index in [9.17, 15) is 29.1 Å². The Bertz CT molecular complexity index is 1610. The van der Waals surface area contributed by atoms with Crippen molar-refractivity contribution in [2.45, 2.75) is 78.0 Å². The maximum Gasteiger partial charge on any atom is 0.420 e. The minimum atomic E-state index is -1.91. The lowest BCUT2D eigenvalue weighted by Crippen LogP contribution is -2.55. The van der Waals surface area contributed by atoms with E-state index in [4.69, 9.17) is 20.8 Å². The number of hydrogen-bond donors (Lipinski definition) is 2. The minimum Gasteiger partial charge on any atom is -0.443 e. The summed E-state index contributed by atoms with van der Waals surface area (Å²) in [6.07, 6.45) is -5.41. The highest BCUT2D eigenvalue weighted by Crippen LogP contribution is 2.30. The summed E-state index contributed by atoms with van der Waals surface area (Å²) in [6, 6.07) is 9.19. The van der Waals surface area contributed by atoms with Crippen LogP contribution >= 0.6 is 0 Å². The van der Waals surface area contributed by atoms with Crippen LogP contribution in [0.2, 0.25) is 0 Å². The Kier molecular flexibility index (Phi) is 9.93. The van der Waals surface area contributed by atoms with Gasteiger partial charge in [0.2, 0.25) is 0 Å². The molecule has 14 heteroatoms.